The standard InChI is InChI=1S/C10H18N2O4/c13-9(1-2-10(14)15)11-3-4-12-5-7-16-8-6-12/h1-8H2,(H,11,13)(H,14,15). The van der Waals surface area contributed by atoms with Gasteiger partial charge in [-0.15, -0.1) is 0 Å². The van der Waals surface area contributed by atoms with Crippen LogP contribution >= 0.6 is 0 Å². The number of amides is 1. The van der Waals surface area contributed by atoms with Crippen LogP contribution in [0.25, 0.3) is 0 Å². The van der Waals surface area contributed by atoms with Crippen molar-refractivity contribution in [3.63, 3.8) is 0 Å². The molecule has 1 fully saturated rings. The van der Waals surface area contributed by atoms with Gasteiger partial charge in [0.15, 0.2) is 0 Å². The molecule has 1 saturated heterocycles. The lowest BCUT2D eigenvalue weighted by atomic mass is 10.3. The summed E-state index contributed by atoms with van der Waals surface area (Å²) in [6.45, 7) is 4.64. The molecule has 0 unspecified atom stereocenters. The lowest BCUT2D eigenvalue weighted by Crippen LogP contribution is -2.41. The van der Waals surface area contributed by atoms with Crippen molar-refractivity contribution in [2.45, 2.75) is 12.8 Å². The summed E-state index contributed by atoms with van der Waals surface area (Å²) in [5, 5.41) is 11.1. The van der Waals surface area contributed by atoms with Gasteiger partial charge in [0, 0.05) is 32.6 Å². The molecule has 1 heterocycles. The highest BCUT2D eigenvalue weighted by atomic mass is 16.5. The number of carboxylic acid groups (broad SMARTS) is 1. The molecule has 6 nitrogen and oxygen atoms in total. The number of aliphatic carboxylic acids is 1. The van der Waals surface area contributed by atoms with E-state index in [0.29, 0.717) is 6.54 Å². The molecule has 1 rings (SSSR count). The fraction of sp³-hybridized carbons (Fsp3) is 0.800. The van der Waals surface area contributed by atoms with E-state index < -0.39 is 5.97 Å². The summed E-state index contributed by atoms with van der Waals surface area (Å²) >= 11 is 0. The number of nitrogens with one attached hydrogen (secondary N) is 1. The van der Waals surface area contributed by atoms with Crippen LogP contribution in [0.2, 0.25) is 0 Å². The van der Waals surface area contributed by atoms with Crippen LogP contribution in [0.1, 0.15) is 12.8 Å². The van der Waals surface area contributed by atoms with Crippen molar-refractivity contribution >= 4 is 11.9 Å². The summed E-state index contributed by atoms with van der Waals surface area (Å²) in [6, 6.07) is 0. The van der Waals surface area contributed by atoms with Crippen LogP contribution in [0.5, 0.6) is 0 Å². The van der Waals surface area contributed by atoms with Crippen molar-refractivity contribution in [2.75, 3.05) is 39.4 Å². The third-order valence-electron chi connectivity index (χ3n) is 2.42. The molecule has 0 saturated carbocycles. The predicted molar refractivity (Wildman–Crippen MR) is 57.1 cm³/mol. The normalized spacial score (nSPS) is 17.0. The van der Waals surface area contributed by atoms with E-state index in [1.54, 1.807) is 0 Å². The number of hydrogen-bond acceptors (Lipinski definition) is 4. The SMILES string of the molecule is O=C(O)CCC(=O)NCCN1CCOCC1. The Morgan fingerprint density at radius 3 is 2.56 bits per heavy atom. The minimum atomic E-state index is -0.941. The Morgan fingerprint density at radius 2 is 1.94 bits per heavy atom. The zero-order valence-corrected chi connectivity index (χ0v) is 9.28. The van der Waals surface area contributed by atoms with Crippen LogP contribution < -0.4 is 5.32 Å². The molecule has 92 valence electrons. The zero-order chi connectivity index (χ0) is 11.8. The highest BCUT2D eigenvalue weighted by Crippen LogP contribution is 1.95. The van der Waals surface area contributed by atoms with Crippen molar-refractivity contribution in [3.8, 4) is 0 Å². The number of rotatable bonds is 6. The van der Waals surface area contributed by atoms with Crippen LogP contribution in [0.15, 0.2) is 0 Å². The molecule has 0 aromatic rings. The molecule has 1 aliphatic rings. The molecule has 0 spiro atoms. The Hall–Kier alpha value is -1.14. The van der Waals surface area contributed by atoms with Gasteiger partial charge in [-0.1, -0.05) is 0 Å². The molecule has 0 radical (unpaired) electrons. The monoisotopic (exact) mass is 230 g/mol. The average molecular weight is 230 g/mol. The molecule has 1 aliphatic heterocycles. The maximum atomic E-state index is 11.2. The summed E-state index contributed by atoms with van der Waals surface area (Å²) in [5.41, 5.74) is 0. The van der Waals surface area contributed by atoms with Crippen LogP contribution in [0.4, 0.5) is 0 Å². The number of morpholine rings is 1. The van der Waals surface area contributed by atoms with Gasteiger partial charge in [0.05, 0.1) is 19.6 Å². The first-order valence-corrected chi connectivity index (χ1v) is 5.47. The van der Waals surface area contributed by atoms with Crippen LogP contribution in [0.3, 0.4) is 0 Å². The van der Waals surface area contributed by atoms with Crippen molar-refractivity contribution < 1.29 is 19.4 Å². The summed E-state index contributed by atoms with van der Waals surface area (Å²) < 4.78 is 5.20. The number of nitrogens with zero attached hydrogens (tertiary/aromatic N) is 1. The van der Waals surface area contributed by atoms with E-state index >= 15 is 0 Å². The second-order valence-corrected chi connectivity index (χ2v) is 3.70. The number of ether oxygens (including phenoxy) is 1. The first kappa shape index (κ1) is 12.9. The Balaban J connectivity index is 2.01. The van der Waals surface area contributed by atoms with E-state index in [9.17, 15) is 9.59 Å². The molecule has 0 atom stereocenters. The van der Waals surface area contributed by atoms with Gasteiger partial charge in [-0.2, -0.15) is 0 Å². The van der Waals surface area contributed by atoms with Gasteiger partial charge in [-0.05, 0) is 0 Å². The molecule has 0 aliphatic carbocycles. The zero-order valence-electron chi connectivity index (χ0n) is 9.28. The molecular weight excluding hydrogens is 212 g/mol. The van der Waals surface area contributed by atoms with Gasteiger partial charge >= 0.3 is 5.97 Å². The minimum absolute atomic E-state index is 0.0540. The minimum Gasteiger partial charge on any atom is -0.481 e. The summed E-state index contributed by atoms with van der Waals surface area (Å²) in [4.78, 5) is 23.6. The second kappa shape index (κ2) is 7.19. The van der Waals surface area contributed by atoms with E-state index in [0.717, 1.165) is 32.8 Å². The fourth-order valence-corrected chi connectivity index (χ4v) is 1.49. The van der Waals surface area contributed by atoms with Gasteiger partial charge in [0.25, 0.3) is 0 Å². The Morgan fingerprint density at radius 1 is 1.25 bits per heavy atom. The Bertz CT molecular complexity index is 239. The number of carbonyl (C=O) groups excluding carboxylic acids is 1. The van der Waals surface area contributed by atoms with E-state index in [1.165, 1.54) is 0 Å². The van der Waals surface area contributed by atoms with E-state index in [2.05, 4.69) is 10.2 Å². The molecular formula is C10H18N2O4. The van der Waals surface area contributed by atoms with Crippen LogP contribution in [-0.4, -0.2) is 61.3 Å². The predicted octanol–water partition coefficient (Wildman–Crippen LogP) is -0.700. The fourth-order valence-electron chi connectivity index (χ4n) is 1.49. The molecule has 0 bridgehead atoms. The van der Waals surface area contributed by atoms with Gasteiger partial charge in [-0.25, -0.2) is 0 Å². The van der Waals surface area contributed by atoms with Gasteiger partial charge in [0.1, 0.15) is 0 Å². The largest absolute Gasteiger partial charge is 0.481 e. The highest BCUT2D eigenvalue weighted by Gasteiger charge is 2.10. The van der Waals surface area contributed by atoms with Crippen molar-refractivity contribution in [1.29, 1.82) is 0 Å². The van der Waals surface area contributed by atoms with Crippen LogP contribution in [-0.2, 0) is 14.3 Å². The first-order chi connectivity index (χ1) is 7.68. The third kappa shape index (κ3) is 5.67. The van der Waals surface area contributed by atoms with Crippen molar-refractivity contribution in [1.82, 2.24) is 10.2 Å². The third-order valence-corrected chi connectivity index (χ3v) is 2.42. The number of carbonyl (C=O) groups is 2. The van der Waals surface area contributed by atoms with Crippen molar-refractivity contribution in [3.05, 3.63) is 0 Å². The van der Waals surface area contributed by atoms with Crippen molar-refractivity contribution in [2.24, 2.45) is 0 Å². The summed E-state index contributed by atoms with van der Waals surface area (Å²) in [5.74, 6) is -1.14. The number of hydrogen-bond donors (Lipinski definition) is 2. The van der Waals surface area contributed by atoms with Gasteiger partial charge in [0.2, 0.25) is 5.91 Å². The smallest absolute Gasteiger partial charge is 0.303 e. The summed E-state index contributed by atoms with van der Waals surface area (Å²) in [7, 11) is 0. The average Bonchev–Trinajstić information content (AvgIpc) is 2.28. The molecule has 0 aromatic heterocycles. The second-order valence-electron chi connectivity index (χ2n) is 3.70. The van der Waals surface area contributed by atoms with Crippen LogP contribution in [0, 0.1) is 0 Å². The Labute approximate surface area is 94.6 Å². The lowest BCUT2D eigenvalue weighted by Gasteiger charge is -2.26. The maximum Gasteiger partial charge on any atom is 0.303 e. The molecule has 16 heavy (non-hydrogen) atoms. The molecule has 0 aromatic carbocycles. The van der Waals surface area contributed by atoms with Gasteiger partial charge < -0.3 is 15.2 Å². The first-order valence-electron chi connectivity index (χ1n) is 5.47. The molecule has 2 N–H and O–H groups in total. The van der Waals surface area contributed by atoms with E-state index in [4.69, 9.17) is 9.84 Å². The molecule has 1 amide bonds. The topological polar surface area (TPSA) is 78.9 Å². The number of carboxylic acids is 1. The molecule has 6 heteroatoms. The van der Waals surface area contributed by atoms with Gasteiger partial charge in [-0.3, -0.25) is 14.5 Å². The summed E-state index contributed by atoms with van der Waals surface area (Å²) in [6.07, 6.45) is -0.0537. The van der Waals surface area contributed by atoms with E-state index in [-0.39, 0.29) is 18.7 Å². The lowest BCUT2D eigenvalue weighted by molar-refractivity contribution is -0.138. The van der Waals surface area contributed by atoms with E-state index in [1.807, 2.05) is 0 Å². The highest BCUT2D eigenvalue weighted by molar-refractivity contribution is 5.80. The quantitative estimate of drug-likeness (QED) is 0.631. The Kier molecular flexibility index (Phi) is 5.81. The maximum absolute atomic E-state index is 11.2.